The minimum Gasteiger partial charge on any atom is -0.481 e. The van der Waals surface area contributed by atoms with Gasteiger partial charge in [-0.05, 0) is 6.07 Å². The predicted octanol–water partition coefficient (Wildman–Crippen LogP) is 1.56. The SMILES string of the molecule is COc1ccc(Nc2ccn[nH]2)cn1. The molecule has 0 aliphatic carbocycles. The molecular formula is C9H10N4O. The fourth-order valence-electron chi connectivity index (χ4n) is 1.06. The van der Waals surface area contributed by atoms with Crippen molar-refractivity contribution < 1.29 is 4.74 Å². The number of hydrogen-bond acceptors (Lipinski definition) is 4. The molecule has 14 heavy (non-hydrogen) atoms. The van der Waals surface area contributed by atoms with Crippen molar-refractivity contribution in [3.8, 4) is 5.88 Å². The van der Waals surface area contributed by atoms with Gasteiger partial charge in [-0.1, -0.05) is 0 Å². The molecule has 0 saturated carbocycles. The fourth-order valence-corrected chi connectivity index (χ4v) is 1.06. The van der Waals surface area contributed by atoms with Crippen molar-refractivity contribution >= 4 is 11.5 Å². The topological polar surface area (TPSA) is 62.8 Å². The molecule has 0 spiro atoms. The first-order valence-electron chi connectivity index (χ1n) is 4.15. The summed E-state index contributed by atoms with van der Waals surface area (Å²) in [5.41, 5.74) is 0.884. The summed E-state index contributed by atoms with van der Waals surface area (Å²) in [6.45, 7) is 0. The molecule has 0 unspecified atom stereocenters. The number of anilines is 2. The summed E-state index contributed by atoms with van der Waals surface area (Å²) in [6.07, 6.45) is 3.37. The zero-order chi connectivity index (χ0) is 9.80. The third-order valence-corrected chi connectivity index (χ3v) is 1.73. The third-order valence-electron chi connectivity index (χ3n) is 1.73. The van der Waals surface area contributed by atoms with Crippen LogP contribution in [0.4, 0.5) is 11.5 Å². The van der Waals surface area contributed by atoms with Gasteiger partial charge in [0.05, 0.1) is 25.2 Å². The van der Waals surface area contributed by atoms with Gasteiger partial charge in [0.2, 0.25) is 5.88 Å². The number of aromatic amines is 1. The van der Waals surface area contributed by atoms with E-state index >= 15 is 0 Å². The van der Waals surface area contributed by atoms with Gasteiger partial charge in [0.1, 0.15) is 5.82 Å². The maximum absolute atomic E-state index is 4.95. The molecule has 0 aromatic carbocycles. The number of nitrogens with zero attached hydrogens (tertiary/aromatic N) is 2. The molecular weight excluding hydrogens is 180 g/mol. The second kappa shape index (κ2) is 3.78. The zero-order valence-electron chi connectivity index (χ0n) is 7.69. The fraction of sp³-hybridized carbons (Fsp3) is 0.111. The van der Waals surface area contributed by atoms with E-state index in [0.29, 0.717) is 5.88 Å². The molecule has 0 bridgehead atoms. The Morgan fingerprint density at radius 3 is 2.86 bits per heavy atom. The zero-order valence-corrected chi connectivity index (χ0v) is 7.69. The summed E-state index contributed by atoms with van der Waals surface area (Å²) in [5, 5.41) is 9.71. The van der Waals surface area contributed by atoms with E-state index in [0.717, 1.165) is 11.5 Å². The number of methoxy groups -OCH3 is 1. The van der Waals surface area contributed by atoms with Crippen LogP contribution in [0.15, 0.2) is 30.6 Å². The molecule has 2 heterocycles. The van der Waals surface area contributed by atoms with E-state index in [1.54, 1.807) is 25.6 Å². The predicted molar refractivity (Wildman–Crippen MR) is 52.7 cm³/mol. The molecule has 72 valence electrons. The van der Waals surface area contributed by atoms with E-state index in [9.17, 15) is 0 Å². The van der Waals surface area contributed by atoms with Crippen LogP contribution in [0.25, 0.3) is 0 Å². The van der Waals surface area contributed by atoms with Gasteiger partial charge in [-0.15, -0.1) is 0 Å². The highest BCUT2D eigenvalue weighted by molar-refractivity contribution is 5.54. The number of rotatable bonds is 3. The number of aromatic nitrogens is 3. The molecule has 0 amide bonds. The van der Waals surface area contributed by atoms with Crippen LogP contribution in [-0.2, 0) is 0 Å². The van der Waals surface area contributed by atoms with E-state index in [4.69, 9.17) is 4.74 Å². The summed E-state index contributed by atoms with van der Waals surface area (Å²) in [7, 11) is 1.59. The number of ether oxygens (including phenoxy) is 1. The Kier molecular flexibility index (Phi) is 2.31. The quantitative estimate of drug-likeness (QED) is 0.770. The van der Waals surface area contributed by atoms with E-state index in [-0.39, 0.29) is 0 Å². The van der Waals surface area contributed by atoms with Crippen LogP contribution in [0, 0.1) is 0 Å². The number of pyridine rings is 1. The summed E-state index contributed by atoms with van der Waals surface area (Å²) < 4.78 is 4.95. The molecule has 2 rings (SSSR count). The smallest absolute Gasteiger partial charge is 0.213 e. The van der Waals surface area contributed by atoms with Crippen LogP contribution in [0.2, 0.25) is 0 Å². The minimum absolute atomic E-state index is 0.597. The molecule has 5 heteroatoms. The van der Waals surface area contributed by atoms with Gasteiger partial charge in [0, 0.05) is 12.1 Å². The van der Waals surface area contributed by atoms with Crippen molar-refractivity contribution in [2.45, 2.75) is 0 Å². The van der Waals surface area contributed by atoms with Crippen molar-refractivity contribution in [3.63, 3.8) is 0 Å². The molecule has 0 aliphatic heterocycles. The van der Waals surface area contributed by atoms with Gasteiger partial charge in [0.25, 0.3) is 0 Å². The third kappa shape index (κ3) is 1.82. The molecule has 0 radical (unpaired) electrons. The monoisotopic (exact) mass is 190 g/mol. The highest BCUT2D eigenvalue weighted by atomic mass is 16.5. The molecule has 2 aromatic heterocycles. The molecule has 0 aliphatic rings. The first-order chi connectivity index (χ1) is 6.88. The molecule has 0 atom stereocenters. The van der Waals surface area contributed by atoms with Crippen LogP contribution >= 0.6 is 0 Å². The first kappa shape index (κ1) is 8.55. The van der Waals surface area contributed by atoms with Crippen molar-refractivity contribution in [2.75, 3.05) is 12.4 Å². The van der Waals surface area contributed by atoms with Crippen molar-refractivity contribution in [1.29, 1.82) is 0 Å². The Hall–Kier alpha value is -2.04. The second-order valence-corrected chi connectivity index (χ2v) is 2.68. The maximum atomic E-state index is 4.95. The first-order valence-corrected chi connectivity index (χ1v) is 4.15. The average Bonchev–Trinajstić information content (AvgIpc) is 2.72. The number of nitrogens with one attached hydrogen (secondary N) is 2. The highest BCUT2D eigenvalue weighted by Gasteiger charge is 1.96. The molecule has 5 nitrogen and oxygen atoms in total. The number of hydrogen-bond donors (Lipinski definition) is 2. The molecule has 0 fully saturated rings. The van der Waals surface area contributed by atoms with Crippen molar-refractivity contribution in [1.82, 2.24) is 15.2 Å². The lowest BCUT2D eigenvalue weighted by Crippen LogP contribution is -1.92. The Balaban J connectivity index is 2.10. The van der Waals surface area contributed by atoms with Gasteiger partial charge in [-0.3, -0.25) is 5.10 Å². The lowest BCUT2D eigenvalue weighted by molar-refractivity contribution is 0.398. The lowest BCUT2D eigenvalue weighted by atomic mass is 10.4. The summed E-state index contributed by atoms with van der Waals surface area (Å²) >= 11 is 0. The summed E-state index contributed by atoms with van der Waals surface area (Å²) in [5.74, 6) is 1.43. The van der Waals surface area contributed by atoms with Crippen LogP contribution < -0.4 is 10.1 Å². The van der Waals surface area contributed by atoms with Gasteiger partial charge in [0.15, 0.2) is 0 Å². The van der Waals surface area contributed by atoms with E-state index in [2.05, 4.69) is 20.5 Å². The lowest BCUT2D eigenvalue weighted by Gasteiger charge is -2.03. The largest absolute Gasteiger partial charge is 0.481 e. The van der Waals surface area contributed by atoms with Gasteiger partial charge < -0.3 is 10.1 Å². The van der Waals surface area contributed by atoms with Gasteiger partial charge >= 0.3 is 0 Å². The van der Waals surface area contributed by atoms with Crippen LogP contribution in [0.3, 0.4) is 0 Å². The highest BCUT2D eigenvalue weighted by Crippen LogP contribution is 2.14. The summed E-state index contributed by atoms with van der Waals surface area (Å²) in [4.78, 5) is 4.06. The van der Waals surface area contributed by atoms with Gasteiger partial charge in [-0.25, -0.2) is 4.98 Å². The molecule has 2 N–H and O–H groups in total. The van der Waals surface area contributed by atoms with E-state index < -0.39 is 0 Å². The standard InChI is InChI=1S/C9H10N4O/c1-14-9-3-2-7(6-10-9)12-8-4-5-11-13-8/h2-6H,1H3,(H2,11,12,13). The maximum Gasteiger partial charge on any atom is 0.213 e. The van der Waals surface area contributed by atoms with Crippen LogP contribution in [-0.4, -0.2) is 22.3 Å². The van der Waals surface area contributed by atoms with Crippen LogP contribution in [0.1, 0.15) is 0 Å². The van der Waals surface area contributed by atoms with Crippen LogP contribution in [0.5, 0.6) is 5.88 Å². The minimum atomic E-state index is 0.597. The second-order valence-electron chi connectivity index (χ2n) is 2.68. The van der Waals surface area contributed by atoms with E-state index in [1.807, 2.05) is 12.1 Å². The number of H-pyrrole nitrogens is 1. The van der Waals surface area contributed by atoms with Crippen molar-refractivity contribution in [2.24, 2.45) is 0 Å². The Morgan fingerprint density at radius 2 is 2.29 bits per heavy atom. The normalized spacial score (nSPS) is 9.79. The molecule has 0 saturated heterocycles. The Bertz CT molecular complexity index is 382. The summed E-state index contributed by atoms with van der Waals surface area (Å²) in [6, 6.07) is 5.51. The molecule has 2 aromatic rings. The van der Waals surface area contributed by atoms with E-state index in [1.165, 1.54) is 0 Å². The van der Waals surface area contributed by atoms with Gasteiger partial charge in [-0.2, -0.15) is 5.10 Å². The average molecular weight is 190 g/mol. The van der Waals surface area contributed by atoms with Crippen molar-refractivity contribution in [3.05, 3.63) is 30.6 Å². The Morgan fingerprint density at radius 1 is 1.36 bits per heavy atom. The Labute approximate surface area is 81.1 Å².